The van der Waals surface area contributed by atoms with E-state index in [9.17, 15) is 19.7 Å². The number of nitrogens with zero attached hydrogens (tertiary/aromatic N) is 2. The lowest BCUT2D eigenvalue weighted by Gasteiger charge is -2.14. The Morgan fingerprint density at radius 3 is 2.38 bits per heavy atom. The monoisotopic (exact) mass is 476 g/mol. The first-order valence-electron chi connectivity index (χ1n) is 10.3. The van der Waals surface area contributed by atoms with Crippen LogP contribution >= 0.6 is 11.8 Å². The summed E-state index contributed by atoms with van der Waals surface area (Å²) in [5, 5.41) is 10.4. The van der Waals surface area contributed by atoms with Crippen molar-refractivity contribution < 1.29 is 24.0 Å². The molecule has 1 fully saturated rings. The van der Waals surface area contributed by atoms with Gasteiger partial charge in [-0.05, 0) is 35.0 Å². The van der Waals surface area contributed by atoms with Crippen molar-refractivity contribution in [2.75, 3.05) is 7.11 Å². The maximum atomic E-state index is 13.0. The number of hydrogen-bond acceptors (Lipinski definition) is 7. The van der Waals surface area contributed by atoms with Crippen LogP contribution in [-0.2, 0) is 17.9 Å². The molecule has 0 N–H and O–H groups in total. The van der Waals surface area contributed by atoms with Crippen molar-refractivity contribution >= 4 is 34.7 Å². The van der Waals surface area contributed by atoms with Gasteiger partial charge in [-0.2, -0.15) is 0 Å². The van der Waals surface area contributed by atoms with Gasteiger partial charge in [-0.25, -0.2) is 0 Å². The first-order chi connectivity index (χ1) is 16.5. The van der Waals surface area contributed by atoms with Gasteiger partial charge in [-0.3, -0.25) is 24.6 Å². The highest BCUT2D eigenvalue weighted by atomic mass is 32.2. The Labute approximate surface area is 199 Å². The lowest BCUT2D eigenvalue weighted by Crippen LogP contribution is -2.27. The van der Waals surface area contributed by atoms with Gasteiger partial charge in [0.2, 0.25) is 0 Å². The van der Waals surface area contributed by atoms with Crippen molar-refractivity contribution in [1.29, 1.82) is 0 Å². The number of thioether (sulfide) groups is 1. The minimum absolute atomic E-state index is 0.0233. The Balaban J connectivity index is 1.56. The summed E-state index contributed by atoms with van der Waals surface area (Å²) in [4.78, 5) is 37.2. The smallest absolute Gasteiger partial charge is 0.293 e. The minimum atomic E-state index is -0.502. The molecule has 4 rings (SSSR count). The second kappa shape index (κ2) is 10.2. The van der Waals surface area contributed by atoms with E-state index in [1.54, 1.807) is 24.3 Å². The zero-order valence-electron chi connectivity index (χ0n) is 18.2. The third kappa shape index (κ3) is 5.10. The number of rotatable bonds is 8. The molecule has 0 radical (unpaired) electrons. The minimum Gasteiger partial charge on any atom is -0.493 e. The number of methoxy groups -OCH3 is 1. The molecule has 34 heavy (non-hydrogen) atoms. The van der Waals surface area contributed by atoms with Crippen LogP contribution in [0.3, 0.4) is 0 Å². The van der Waals surface area contributed by atoms with Crippen LogP contribution < -0.4 is 9.47 Å². The van der Waals surface area contributed by atoms with Crippen LogP contribution in [-0.4, -0.2) is 28.1 Å². The quantitative estimate of drug-likeness (QED) is 0.243. The fourth-order valence-electron chi connectivity index (χ4n) is 3.37. The van der Waals surface area contributed by atoms with Crippen LogP contribution in [0.5, 0.6) is 11.5 Å². The molecule has 3 aromatic carbocycles. The number of imide groups is 1. The number of benzene rings is 3. The van der Waals surface area contributed by atoms with Gasteiger partial charge in [0, 0.05) is 17.7 Å². The molecule has 1 aliphatic rings. The van der Waals surface area contributed by atoms with Crippen LogP contribution in [0, 0.1) is 10.1 Å². The fraction of sp³-hybridized carbons (Fsp3) is 0.120. The molecule has 9 heteroatoms. The van der Waals surface area contributed by atoms with Gasteiger partial charge >= 0.3 is 0 Å². The number of non-ortho nitro benzene ring substituents is 1. The number of amides is 2. The largest absolute Gasteiger partial charge is 0.493 e. The molecule has 0 aromatic heterocycles. The number of hydrogen-bond donors (Lipinski definition) is 0. The first-order valence-corrected chi connectivity index (χ1v) is 11.1. The molecule has 8 nitrogen and oxygen atoms in total. The number of nitro benzene ring substituents is 1. The Hall–Kier alpha value is -4.11. The number of carbonyl (C=O) groups excluding carboxylic acids is 2. The van der Waals surface area contributed by atoms with Crippen LogP contribution in [0.15, 0.2) is 77.7 Å². The van der Waals surface area contributed by atoms with Crippen molar-refractivity contribution in [2.45, 2.75) is 13.2 Å². The molecule has 0 unspecified atom stereocenters. The van der Waals surface area contributed by atoms with Gasteiger partial charge in [-0.15, -0.1) is 0 Å². The van der Waals surface area contributed by atoms with Gasteiger partial charge in [0.1, 0.15) is 6.61 Å². The van der Waals surface area contributed by atoms with E-state index in [1.165, 1.54) is 31.4 Å². The predicted octanol–water partition coefficient (Wildman–Crippen LogP) is 5.42. The van der Waals surface area contributed by atoms with Gasteiger partial charge < -0.3 is 9.47 Å². The molecule has 0 aliphatic carbocycles. The predicted molar refractivity (Wildman–Crippen MR) is 128 cm³/mol. The topological polar surface area (TPSA) is 99.0 Å². The van der Waals surface area contributed by atoms with Crippen molar-refractivity contribution in [3.8, 4) is 11.5 Å². The Morgan fingerprint density at radius 1 is 0.971 bits per heavy atom. The number of nitro groups is 1. The molecule has 0 atom stereocenters. The zero-order chi connectivity index (χ0) is 24.1. The highest BCUT2D eigenvalue weighted by Gasteiger charge is 2.35. The molecule has 3 aromatic rings. The summed E-state index contributed by atoms with van der Waals surface area (Å²) >= 11 is 0.834. The van der Waals surface area contributed by atoms with E-state index in [2.05, 4.69) is 0 Å². The van der Waals surface area contributed by atoms with E-state index in [-0.39, 0.29) is 17.1 Å². The van der Waals surface area contributed by atoms with Crippen molar-refractivity contribution in [1.82, 2.24) is 4.90 Å². The SMILES string of the molecule is COc1cccc(/C=C2\SC(=O)N(Cc3ccc([N+](=O)[O-])cc3)C2=O)c1OCc1ccccc1. The molecular weight excluding hydrogens is 456 g/mol. The normalized spacial score (nSPS) is 14.5. The van der Waals surface area contributed by atoms with E-state index in [1.807, 2.05) is 30.3 Å². The Bertz CT molecular complexity index is 1260. The molecule has 1 saturated heterocycles. The van der Waals surface area contributed by atoms with Gasteiger partial charge in [0.05, 0.1) is 23.5 Å². The molecular formula is C25H20N2O6S. The van der Waals surface area contributed by atoms with Crippen LogP contribution in [0.2, 0.25) is 0 Å². The highest BCUT2D eigenvalue weighted by molar-refractivity contribution is 8.18. The molecule has 172 valence electrons. The summed E-state index contributed by atoms with van der Waals surface area (Å²) in [6.07, 6.45) is 1.61. The van der Waals surface area contributed by atoms with E-state index in [0.717, 1.165) is 22.2 Å². The average molecular weight is 477 g/mol. The van der Waals surface area contributed by atoms with Crippen molar-refractivity contribution in [3.63, 3.8) is 0 Å². The lowest BCUT2D eigenvalue weighted by molar-refractivity contribution is -0.384. The van der Waals surface area contributed by atoms with Crippen molar-refractivity contribution in [3.05, 3.63) is 105 Å². The molecule has 0 spiro atoms. The molecule has 0 bridgehead atoms. The summed E-state index contributed by atoms with van der Waals surface area (Å²) < 4.78 is 11.5. The molecule has 2 amide bonds. The average Bonchev–Trinajstić information content (AvgIpc) is 3.11. The molecule has 1 aliphatic heterocycles. The van der Waals surface area contributed by atoms with E-state index in [0.29, 0.717) is 29.2 Å². The summed E-state index contributed by atoms with van der Waals surface area (Å²) in [6, 6.07) is 20.7. The summed E-state index contributed by atoms with van der Waals surface area (Å²) in [5.74, 6) is 0.538. The fourth-order valence-corrected chi connectivity index (χ4v) is 4.20. The van der Waals surface area contributed by atoms with E-state index in [4.69, 9.17) is 9.47 Å². The maximum absolute atomic E-state index is 13.0. The van der Waals surface area contributed by atoms with Crippen LogP contribution in [0.4, 0.5) is 10.5 Å². The third-order valence-electron chi connectivity index (χ3n) is 5.10. The Kier molecular flexibility index (Phi) is 6.93. The summed E-state index contributed by atoms with van der Waals surface area (Å²) in [6.45, 7) is 0.332. The molecule has 1 heterocycles. The van der Waals surface area contributed by atoms with Crippen LogP contribution in [0.1, 0.15) is 16.7 Å². The Morgan fingerprint density at radius 2 is 1.71 bits per heavy atom. The zero-order valence-corrected chi connectivity index (χ0v) is 19.0. The standard InChI is InChI=1S/C25H20N2O6S/c1-32-21-9-5-8-19(23(21)33-16-18-6-3-2-4-7-18)14-22-24(28)26(25(29)34-22)15-17-10-12-20(13-11-17)27(30)31/h2-14H,15-16H2,1H3/b22-14-. The van der Waals surface area contributed by atoms with Gasteiger partial charge in [0.25, 0.3) is 16.8 Å². The maximum Gasteiger partial charge on any atom is 0.293 e. The third-order valence-corrected chi connectivity index (χ3v) is 6.01. The first kappa shape index (κ1) is 23.1. The number of carbonyl (C=O) groups is 2. The van der Waals surface area contributed by atoms with Crippen molar-refractivity contribution in [2.24, 2.45) is 0 Å². The second-order valence-electron chi connectivity index (χ2n) is 7.34. The lowest BCUT2D eigenvalue weighted by atomic mass is 10.1. The summed E-state index contributed by atoms with van der Waals surface area (Å²) in [7, 11) is 1.53. The van der Waals surface area contributed by atoms with E-state index >= 15 is 0 Å². The summed E-state index contributed by atoms with van der Waals surface area (Å²) in [5.41, 5.74) is 2.14. The van der Waals surface area contributed by atoms with E-state index < -0.39 is 16.1 Å². The highest BCUT2D eigenvalue weighted by Crippen LogP contribution is 2.38. The van der Waals surface area contributed by atoms with Crippen LogP contribution in [0.25, 0.3) is 6.08 Å². The van der Waals surface area contributed by atoms with Gasteiger partial charge in [-0.1, -0.05) is 54.6 Å². The number of ether oxygens (including phenoxy) is 2. The van der Waals surface area contributed by atoms with Gasteiger partial charge in [0.15, 0.2) is 11.5 Å². The number of para-hydroxylation sites is 1. The second-order valence-corrected chi connectivity index (χ2v) is 8.34. The molecule has 0 saturated carbocycles.